The van der Waals surface area contributed by atoms with E-state index < -0.39 is 10.1 Å². The highest BCUT2D eigenvalue weighted by Crippen LogP contribution is 2.30. The molecule has 2 aromatic carbocycles. The van der Waals surface area contributed by atoms with E-state index in [1.807, 2.05) is 6.07 Å². The summed E-state index contributed by atoms with van der Waals surface area (Å²) < 4.78 is 34.2. The van der Waals surface area contributed by atoms with Crippen molar-refractivity contribution in [3.05, 3.63) is 41.5 Å². The number of rotatable bonds is 23. The number of hydrogen-bond donors (Lipinski definition) is 1. The van der Waals surface area contributed by atoms with Crippen molar-refractivity contribution in [3.63, 3.8) is 0 Å². The molecule has 0 fully saturated rings. The van der Waals surface area contributed by atoms with Crippen LogP contribution >= 0.6 is 0 Å². The first-order valence-electron chi connectivity index (χ1n) is 16.0. The smallest absolute Gasteiger partial charge is 0.282 e. The highest BCUT2D eigenvalue weighted by molar-refractivity contribution is 7.86. The molecule has 0 amide bonds. The van der Waals surface area contributed by atoms with E-state index in [1.54, 1.807) is 12.1 Å². The van der Waals surface area contributed by atoms with Crippen molar-refractivity contribution in [2.75, 3.05) is 0 Å². The van der Waals surface area contributed by atoms with Crippen LogP contribution in [0.1, 0.15) is 153 Å². The summed E-state index contributed by atoms with van der Waals surface area (Å²) in [5.74, 6) is 0. The summed E-state index contributed by atoms with van der Waals surface area (Å²) in [4.78, 5) is 0.0579. The topological polar surface area (TPSA) is 54.4 Å². The zero-order valence-corrected chi connectivity index (χ0v) is 25.4. The van der Waals surface area contributed by atoms with E-state index in [0.29, 0.717) is 0 Å². The molecule has 0 aromatic heterocycles. The van der Waals surface area contributed by atoms with Gasteiger partial charge in [0.1, 0.15) is 4.90 Å². The molecule has 0 heterocycles. The second-order valence-electron chi connectivity index (χ2n) is 11.4. The third-order valence-electron chi connectivity index (χ3n) is 7.98. The van der Waals surface area contributed by atoms with Crippen LogP contribution in [0.2, 0.25) is 0 Å². The molecule has 0 aliphatic rings. The molecular formula is C34H56O3S. The van der Waals surface area contributed by atoms with Gasteiger partial charge in [-0.3, -0.25) is 4.55 Å². The molecule has 3 nitrogen and oxygen atoms in total. The Bertz CT molecular complexity index is 996. The first-order valence-corrected chi connectivity index (χ1v) is 17.4. The molecule has 0 saturated heterocycles. The van der Waals surface area contributed by atoms with Gasteiger partial charge in [0.05, 0.1) is 0 Å². The second-order valence-corrected chi connectivity index (χ2v) is 12.8. The highest BCUT2D eigenvalue weighted by atomic mass is 32.2. The Morgan fingerprint density at radius 2 is 1.03 bits per heavy atom. The van der Waals surface area contributed by atoms with Gasteiger partial charge in [0.15, 0.2) is 0 Å². The van der Waals surface area contributed by atoms with E-state index in [0.717, 1.165) is 35.6 Å². The summed E-state index contributed by atoms with van der Waals surface area (Å²) in [5, 5.41) is 1.66. The molecule has 0 radical (unpaired) electrons. The van der Waals surface area contributed by atoms with Gasteiger partial charge in [0.2, 0.25) is 0 Å². The zero-order chi connectivity index (χ0) is 27.5. The number of unbranched alkanes of at least 4 members (excludes halogenated alkanes) is 18. The molecule has 1 N–H and O–H groups in total. The Kier molecular flexibility index (Phi) is 17.0. The van der Waals surface area contributed by atoms with Crippen molar-refractivity contribution in [2.45, 2.75) is 160 Å². The predicted octanol–water partition coefficient (Wildman–Crippen LogP) is 11.0. The fourth-order valence-corrected chi connectivity index (χ4v) is 6.48. The van der Waals surface area contributed by atoms with E-state index in [-0.39, 0.29) is 4.90 Å². The number of benzene rings is 2. The first kappa shape index (κ1) is 32.8. The minimum absolute atomic E-state index is 0.0579. The van der Waals surface area contributed by atoms with Crippen LogP contribution in [0.3, 0.4) is 0 Å². The van der Waals surface area contributed by atoms with Crippen molar-refractivity contribution >= 4 is 20.9 Å². The largest absolute Gasteiger partial charge is 0.295 e. The van der Waals surface area contributed by atoms with Crippen molar-refractivity contribution in [2.24, 2.45) is 0 Å². The van der Waals surface area contributed by atoms with Gasteiger partial charge in [-0.15, -0.1) is 0 Å². The molecule has 4 heteroatoms. The van der Waals surface area contributed by atoms with E-state index in [4.69, 9.17) is 0 Å². The summed E-state index contributed by atoms with van der Waals surface area (Å²) in [6, 6.07) is 9.65. The third kappa shape index (κ3) is 13.1. The quantitative estimate of drug-likeness (QED) is 0.112. The molecule has 0 unspecified atom stereocenters. The van der Waals surface area contributed by atoms with Crippen molar-refractivity contribution < 1.29 is 13.0 Å². The van der Waals surface area contributed by atoms with Gasteiger partial charge in [-0.1, -0.05) is 154 Å². The molecular weight excluding hydrogens is 488 g/mol. The fraction of sp³-hybridized carbons (Fsp3) is 0.706. The average Bonchev–Trinajstić information content (AvgIpc) is 2.89. The number of fused-ring (bicyclic) bond motifs is 1. The fourth-order valence-electron chi connectivity index (χ4n) is 5.73. The molecule has 0 spiro atoms. The molecule has 2 rings (SSSR count). The lowest BCUT2D eigenvalue weighted by Crippen LogP contribution is -2.02. The Labute approximate surface area is 235 Å². The molecule has 0 aliphatic carbocycles. The van der Waals surface area contributed by atoms with Crippen molar-refractivity contribution in [1.82, 2.24) is 0 Å². The maximum atomic E-state index is 12.2. The maximum Gasteiger partial charge on any atom is 0.295 e. The highest BCUT2D eigenvalue weighted by Gasteiger charge is 2.17. The van der Waals surface area contributed by atoms with Crippen LogP contribution < -0.4 is 0 Å². The Morgan fingerprint density at radius 3 is 1.50 bits per heavy atom. The molecule has 0 bridgehead atoms. The van der Waals surface area contributed by atoms with Crippen LogP contribution in [-0.4, -0.2) is 13.0 Å². The van der Waals surface area contributed by atoms with E-state index >= 15 is 0 Å². The van der Waals surface area contributed by atoms with Gasteiger partial charge >= 0.3 is 0 Å². The van der Waals surface area contributed by atoms with Crippen LogP contribution in [0.15, 0.2) is 35.2 Å². The maximum absolute atomic E-state index is 12.2. The van der Waals surface area contributed by atoms with Crippen LogP contribution in [-0.2, 0) is 23.0 Å². The lowest BCUT2D eigenvalue weighted by Gasteiger charge is -2.13. The molecule has 0 aliphatic heterocycles. The van der Waals surface area contributed by atoms with Crippen molar-refractivity contribution in [1.29, 1.82) is 0 Å². The summed E-state index contributed by atoms with van der Waals surface area (Å²) in [6.07, 6.45) is 28.0. The Hall–Kier alpha value is -1.39. The summed E-state index contributed by atoms with van der Waals surface area (Å²) >= 11 is 0. The van der Waals surface area contributed by atoms with Crippen LogP contribution in [0.4, 0.5) is 0 Å². The van der Waals surface area contributed by atoms with Gasteiger partial charge in [0.25, 0.3) is 10.1 Å². The van der Waals surface area contributed by atoms with Crippen molar-refractivity contribution in [3.8, 4) is 0 Å². The van der Waals surface area contributed by atoms with Gasteiger partial charge < -0.3 is 0 Å². The standard InChI is InChI=1S/C34H56O3S/c1-3-5-7-9-11-13-15-17-19-21-24-30-28-31(25-22-20-18-16-14-12-10-8-6-4-2)34-32(29-30)26-23-27-33(34)38(35,36)37/h23,26-29H,3-22,24-25H2,1-2H3,(H,35,36,37). The minimum atomic E-state index is -4.25. The molecule has 38 heavy (non-hydrogen) atoms. The second kappa shape index (κ2) is 19.6. The zero-order valence-electron chi connectivity index (χ0n) is 24.6. The van der Waals surface area contributed by atoms with Gasteiger partial charge in [-0.25, -0.2) is 0 Å². The lowest BCUT2D eigenvalue weighted by molar-refractivity contribution is 0.484. The molecule has 2 aromatic rings. The Balaban J connectivity index is 1.88. The molecule has 0 atom stereocenters. The number of aryl methyl sites for hydroxylation is 2. The van der Waals surface area contributed by atoms with Gasteiger partial charge in [-0.05, 0) is 48.3 Å². The van der Waals surface area contributed by atoms with Gasteiger partial charge in [0, 0.05) is 5.39 Å². The average molecular weight is 545 g/mol. The monoisotopic (exact) mass is 544 g/mol. The van der Waals surface area contributed by atoms with E-state index in [1.165, 1.54) is 128 Å². The van der Waals surface area contributed by atoms with Gasteiger partial charge in [-0.2, -0.15) is 8.42 Å². The summed E-state index contributed by atoms with van der Waals surface area (Å²) in [6.45, 7) is 4.53. The summed E-state index contributed by atoms with van der Waals surface area (Å²) in [7, 11) is -4.25. The summed E-state index contributed by atoms with van der Waals surface area (Å²) in [5.41, 5.74) is 2.38. The molecule has 0 saturated carbocycles. The number of hydrogen-bond acceptors (Lipinski definition) is 2. The Morgan fingerprint density at radius 1 is 0.579 bits per heavy atom. The first-order chi connectivity index (χ1) is 18.5. The van der Waals surface area contributed by atoms with Crippen LogP contribution in [0.5, 0.6) is 0 Å². The normalized spacial score (nSPS) is 12.0. The SMILES string of the molecule is CCCCCCCCCCCCc1cc(CCCCCCCCCCCC)c2c(S(=O)(=O)O)cccc2c1. The van der Waals surface area contributed by atoms with E-state index in [9.17, 15) is 13.0 Å². The molecule has 216 valence electrons. The predicted molar refractivity (Wildman–Crippen MR) is 165 cm³/mol. The van der Waals surface area contributed by atoms with Crippen LogP contribution in [0.25, 0.3) is 10.8 Å². The van der Waals surface area contributed by atoms with Crippen LogP contribution in [0, 0.1) is 0 Å². The minimum Gasteiger partial charge on any atom is -0.282 e. The lowest BCUT2D eigenvalue weighted by atomic mass is 9.94. The third-order valence-corrected chi connectivity index (χ3v) is 8.87. The van der Waals surface area contributed by atoms with E-state index in [2.05, 4.69) is 26.0 Å².